The molecule has 5 rings (SSSR count). The molecule has 190 valence electrons. The van der Waals surface area contributed by atoms with Gasteiger partial charge in [0.15, 0.2) is 0 Å². The summed E-state index contributed by atoms with van der Waals surface area (Å²) in [6, 6.07) is 30.0. The van der Waals surface area contributed by atoms with Gasteiger partial charge in [0.05, 0.1) is 17.8 Å². The number of likely N-dealkylation sites (N-methyl/N-ethyl adjacent to an activating group) is 1. The number of amides is 3. The summed E-state index contributed by atoms with van der Waals surface area (Å²) in [5.74, 6) is -1.15. The number of anilines is 1. The molecule has 3 amide bonds. The Bertz CT molecular complexity index is 1550. The van der Waals surface area contributed by atoms with Gasteiger partial charge in [0, 0.05) is 18.2 Å². The fourth-order valence-electron chi connectivity index (χ4n) is 4.59. The number of rotatable bonds is 6. The molecular formula is C31H28N4O3. The lowest BCUT2D eigenvalue weighted by molar-refractivity contribution is -0.130. The van der Waals surface area contributed by atoms with E-state index in [0.717, 1.165) is 27.5 Å². The van der Waals surface area contributed by atoms with E-state index in [9.17, 15) is 14.4 Å². The standard InChI is InChI=1S/C31H28N4O3/c1-20(32-27(36)19-21-16-17-22-10-6-7-13-24(22)18-21)30(37)34-29-31(38)35(2)26-15-9-8-14-25(26)28(33-29)23-11-4-3-5-12-23/h3-18,20,29H,19H2,1-2H3,(H,32,36)(H,34,37)/t20-,29+/m0/s1. The summed E-state index contributed by atoms with van der Waals surface area (Å²) in [5, 5.41) is 7.62. The molecule has 0 fully saturated rings. The molecule has 38 heavy (non-hydrogen) atoms. The lowest BCUT2D eigenvalue weighted by atomic mass is 10.0. The van der Waals surface area contributed by atoms with Crippen LogP contribution in [0.1, 0.15) is 23.6 Å². The van der Waals surface area contributed by atoms with E-state index in [2.05, 4.69) is 10.6 Å². The number of hydrogen-bond acceptors (Lipinski definition) is 4. The van der Waals surface area contributed by atoms with Crippen LogP contribution in [0.5, 0.6) is 0 Å². The maximum Gasteiger partial charge on any atom is 0.272 e. The van der Waals surface area contributed by atoms with Crippen LogP contribution in [-0.2, 0) is 20.8 Å². The van der Waals surface area contributed by atoms with Crippen molar-refractivity contribution in [2.24, 2.45) is 4.99 Å². The first-order valence-corrected chi connectivity index (χ1v) is 12.5. The zero-order chi connectivity index (χ0) is 26.6. The number of hydrogen-bond donors (Lipinski definition) is 2. The topological polar surface area (TPSA) is 90.9 Å². The van der Waals surface area contributed by atoms with Crippen LogP contribution in [0.4, 0.5) is 5.69 Å². The molecule has 0 unspecified atom stereocenters. The molecule has 0 radical (unpaired) electrons. The highest BCUT2D eigenvalue weighted by Gasteiger charge is 2.32. The van der Waals surface area contributed by atoms with Crippen molar-refractivity contribution < 1.29 is 14.4 Å². The third kappa shape index (κ3) is 5.18. The third-order valence-electron chi connectivity index (χ3n) is 6.62. The number of benzodiazepines with no additional fused rings is 1. The molecule has 0 spiro atoms. The lowest BCUT2D eigenvalue weighted by Crippen LogP contribution is -2.52. The first kappa shape index (κ1) is 24.9. The predicted molar refractivity (Wildman–Crippen MR) is 149 cm³/mol. The van der Waals surface area contributed by atoms with E-state index < -0.39 is 18.1 Å². The van der Waals surface area contributed by atoms with Gasteiger partial charge in [-0.1, -0.05) is 91.0 Å². The van der Waals surface area contributed by atoms with Crippen molar-refractivity contribution in [3.63, 3.8) is 0 Å². The van der Waals surface area contributed by atoms with Gasteiger partial charge in [0.25, 0.3) is 5.91 Å². The highest BCUT2D eigenvalue weighted by Crippen LogP contribution is 2.27. The summed E-state index contributed by atoms with van der Waals surface area (Å²) in [7, 11) is 1.67. The van der Waals surface area contributed by atoms with E-state index in [1.807, 2.05) is 97.1 Å². The number of aliphatic imine (C=N–C) groups is 1. The fraction of sp³-hybridized carbons (Fsp3) is 0.161. The highest BCUT2D eigenvalue weighted by molar-refractivity contribution is 6.20. The number of carbonyl (C=O) groups excluding carboxylic acids is 3. The molecule has 0 saturated heterocycles. The van der Waals surface area contributed by atoms with E-state index >= 15 is 0 Å². The van der Waals surface area contributed by atoms with E-state index in [1.165, 1.54) is 4.90 Å². The van der Waals surface area contributed by atoms with Crippen molar-refractivity contribution in [3.05, 3.63) is 114 Å². The Morgan fingerprint density at radius 1 is 0.895 bits per heavy atom. The van der Waals surface area contributed by atoms with E-state index in [0.29, 0.717) is 11.4 Å². The molecule has 7 nitrogen and oxygen atoms in total. The minimum absolute atomic E-state index is 0.138. The van der Waals surface area contributed by atoms with Crippen LogP contribution in [0.15, 0.2) is 102 Å². The van der Waals surface area contributed by atoms with Crippen molar-refractivity contribution in [2.75, 3.05) is 11.9 Å². The molecule has 2 N–H and O–H groups in total. The largest absolute Gasteiger partial charge is 0.344 e. The van der Waals surface area contributed by atoms with Gasteiger partial charge in [0.1, 0.15) is 6.04 Å². The van der Waals surface area contributed by atoms with Crippen molar-refractivity contribution >= 4 is 39.9 Å². The molecule has 1 aliphatic rings. The molecular weight excluding hydrogens is 476 g/mol. The summed E-state index contributed by atoms with van der Waals surface area (Å²) >= 11 is 0. The number of para-hydroxylation sites is 1. The molecule has 4 aromatic rings. The molecule has 0 aromatic heterocycles. The van der Waals surface area contributed by atoms with E-state index in [4.69, 9.17) is 4.99 Å². The van der Waals surface area contributed by atoms with Crippen LogP contribution in [0.2, 0.25) is 0 Å². The maximum atomic E-state index is 13.3. The smallest absolute Gasteiger partial charge is 0.272 e. The Morgan fingerprint density at radius 2 is 1.58 bits per heavy atom. The van der Waals surface area contributed by atoms with E-state index in [-0.39, 0.29) is 18.2 Å². The Labute approximate surface area is 221 Å². The van der Waals surface area contributed by atoms with Crippen molar-refractivity contribution in [1.29, 1.82) is 0 Å². The quantitative estimate of drug-likeness (QED) is 0.418. The first-order valence-electron chi connectivity index (χ1n) is 12.5. The Balaban J connectivity index is 1.32. The van der Waals surface area contributed by atoms with Crippen molar-refractivity contribution in [2.45, 2.75) is 25.6 Å². The summed E-state index contributed by atoms with van der Waals surface area (Å²) in [6.07, 6.45) is -1.01. The molecule has 7 heteroatoms. The number of nitrogens with one attached hydrogen (secondary N) is 2. The van der Waals surface area contributed by atoms with Crippen LogP contribution < -0.4 is 15.5 Å². The third-order valence-corrected chi connectivity index (χ3v) is 6.62. The average Bonchev–Trinajstić information content (AvgIpc) is 3.04. The monoisotopic (exact) mass is 504 g/mol. The molecule has 0 aliphatic carbocycles. The van der Waals surface area contributed by atoms with Gasteiger partial charge in [0.2, 0.25) is 18.0 Å². The van der Waals surface area contributed by atoms with Crippen LogP contribution in [-0.4, -0.2) is 42.7 Å². The van der Waals surface area contributed by atoms with Crippen LogP contribution >= 0.6 is 0 Å². The lowest BCUT2D eigenvalue weighted by Gasteiger charge is -2.22. The average molecular weight is 505 g/mol. The van der Waals surface area contributed by atoms with Gasteiger partial charge in [-0.3, -0.25) is 14.4 Å². The second kappa shape index (κ2) is 10.7. The number of benzene rings is 4. The van der Waals surface area contributed by atoms with Gasteiger partial charge < -0.3 is 15.5 Å². The second-order valence-corrected chi connectivity index (χ2v) is 9.32. The minimum atomic E-state index is -1.14. The zero-order valence-corrected chi connectivity index (χ0v) is 21.2. The second-order valence-electron chi connectivity index (χ2n) is 9.32. The number of fused-ring (bicyclic) bond motifs is 2. The van der Waals surface area contributed by atoms with Gasteiger partial charge in [-0.25, -0.2) is 4.99 Å². The first-order chi connectivity index (χ1) is 18.4. The van der Waals surface area contributed by atoms with E-state index in [1.54, 1.807) is 14.0 Å². The molecule has 1 aliphatic heterocycles. The minimum Gasteiger partial charge on any atom is -0.344 e. The summed E-state index contributed by atoms with van der Waals surface area (Å²) in [4.78, 5) is 45.3. The predicted octanol–water partition coefficient (Wildman–Crippen LogP) is 3.84. The summed E-state index contributed by atoms with van der Waals surface area (Å²) in [6.45, 7) is 1.59. The fourth-order valence-corrected chi connectivity index (χ4v) is 4.59. The Morgan fingerprint density at radius 3 is 2.37 bits per heavy atom. The molecule has 2 atom stereocenters. The maximum absolute atomic E-state index is 13.3. The Kier molecular flexibility index (Phi) is 7.00. The van der Waals surface area contributed by atoms with Gasteiger partial charge in [-0.15, -0.1) is 0 Å². The van der Waals surface area contributed by atoms with Crippen molar-refractivity contribution in [1.82, 2.24) is 10.6 Å². The molecule has 0 bridgehead atoms. The molecule has 0 saturated carbocycles. The zero-order valence-electron chi connectivity index (χ0n) is 21.2. The van der Waals surface area contributed by atoms with Gasteiger partial charge in [-0.2, -0.15) is 0 Å². The van der Waals surface area contributed by atoms with Gasteiger partial charge in [-0.05, 0) is 29.3 Å². The Hall–Kier alpha value is -4.78. The highest BCUT2D eigenvalue weighted by atomic mass is 16.2. The van der Waals surface area contributed by atoms with Gasteiger partial charge >= 0.3 is 0 Å². The van der Waals surface area contributed by atoms with Crippen LogP contribution in [0.3, 0.4) is 0 Å². The normalized spacial score (nSPS) is 15.7. The molecule has 1 heterocycles. The summed E-state index contributed by atoms with van der Waals surface area (Å²) in [5.41, 5.74) is 3.79. The van der Waals surface area contributed by atoms with Crippen LogP contribution in [0, 0.1) is 0 Å². The van der Waals surface area contributed by atoms with Crippen LogP contribution in [0.25, 0.3) is 10.8 Å². The number of nitrogens with zero attached hydrogens (tertiary/aromatic N) is 2. The SMILES string of the molecule is C[C@H](NC(=O)Cc1ccc2ccccc2c1)C(=O)N[C@H]1N=C(c2ccccc2)c2ccccc2N(C)C1=O. The molecule has 4 aromatic carbocycles. The summed E-state index contributed by atoms with van der Waals surface area (Å²) < 4.78 is 0. The number of carbonyl (C=O) groups is 3. The van der Waals surface area contributed by atoms with Crippen molar-refractivity contribution in [3.8, 4) is 0 Å².